The molecule has 25 heavy (non-hydrogen) atoms. The van der Waals surface area contributed by atoms with Crippen LogP contribution >= 0.6 is 0 Å². The normalized spacial score (nSPS) is 21.5. The molecule has 0 unspecified atom stereocenters. The highest BCUT2D eigenvalue weighted by molar-refractivity contribution is 6.09. The van der Waals surface area contributed by atoms with Crippen molar-refractivity contribution >= 4 is 17.8 Å². The molecule has 136 valence electrons. The predicted octanol–water partition coefficient (Wildman–Crippen LogP) is 1.89. The lowest BCUT2D eigenvalue weighted by Gasteiger charge is -2.23. The van der Waals surface area contributed by atoms with E-state index in [0.29, 0.717) is 4.90 Å². The van der Waals surface area contributed by atoms with Gasteiger partial charge in [0.1, 0.15) is 23.7 Å². The topological polar surface area (TPSA) is 78.5 Å². The van der Waals surface area contributed by atoms with E-state index in [1.54, 1.807) is 6.92 Å². The molecule has 2 N–H and O–H groups in total. The van der Waals surface area contributed by atoms with Crippen molar-refractivity contribution in [2.75, 3.05) is 6.54 Å². The lowest BCUT2D eigenvalue weighted by atomic mass is 9.91. The number of nitrogens with zero attached hydrogens (tertiary/aromatic N) is 1. The van der Waals surface area contributed by atoms with Crippen molar-refractivity contribution in [2.24, 2.45) is 5.92 Å². The second-order valence-corrected chi connectivity index (χ2v) is 6.67. The third-order valence-electron chi connectivity index (χ3n) is 4.43. The molecule has 2 rings (SSSR count). The Morgan fingerprint density at radius 1 is 1.28 bits per heavy atom. The minimum absolute atomic E-state index is 0.139. The van der Waals surface area contributed by atoms with Gasteiger partial charge in [-0.2, -0.15) is 0 Å². The van der Waals surface area contributed by atoms with Gasteiger partial charge in [-0.25, -0.2) is 13.6 Å². The van der Waals surface area contributed by atoms with Gasteiger partial charge in [0, 0.05) is 11.6 Å². The molecule has 1 aromatic rings. The summed E-state index contributed by atoms with van der Waals surface area (Å²) in [6, 6.07) is 1.69. The maximum atomic E-state index is 14.0. The lowest BCUT2D eigenvalue weighted by Crippen LogP contribution is -2.46. The quantitative estimate of drug-likeness (QED) is 0.794. The lowest BCUT2D eigenvalue weighted by molar-refractivity contribution is -0.135. The summed E-state index contributed by atoms with van der Waals surface area (Å²) in [6.07, 6.45) is 0. The zero-order valence-electron chi connectivity index (χ0n) is 14.5. The van der Waals surface area contributed by atoms with Gasteiger partial charge in [0.25, 0.3) is 5.91 Å². The first kappa shape index (κ1) is 18.8. The van der Waals surface area contributed by atoms with Crippen molar-refractivity contribution in [3.8, 4) is 0 Å². The molecule has 0 aliphatic carbocycles. The molecule has 1 heterocycles. The fraction of sp³-hybridized carbons (Fsp3) is 0.471. The number of imide groups is 1. The number of nitrogens with one attached hydrogen (secondary N) is 2. The fourth-order valence-electron chi connectivity index (χ4n) is 2.51. The molecule has 1 aliphatic heterocycles. The Bertz CT molecular complexity index is 723. The monoisotopic (exact) mass is 353 g/mol. The number of urea groups is 1. The van der Waals surface area contributed by atoms with E-state index in [2.05, 4.69) is 10.6 Å². The van der Waals surface area contributed by atoms with E-state index in [9.17, 15) is 23.2 Å². The summed E-state index contributed by atoms with van der Waals surface area (Å²) in [7, 11) is 0. The predicted molar refractivity (Wildman–Crippen MR) is 86.4 cm³/mol. The minimum atomic E-state index is -1.77. The number of rotatable bonds is 5. The fourth-order valence-corrected chi connectivity index (χ4v) is 2.51. The molecule has 0 spiro atoms. The molecule has 1 saturated heterocycles. The Kier molecular flexibility index (Phi) is 5.10. The number of amides is 4. The first-order valence-corrected chi connectivity index (χ1v) is 7.95. The van der Waals surface area contributed by atoms with Gasteiger partial charge in [-0.1, -0.05) is 13.8 Å². The average Bonchev–Trinajstić information content (AvgIpc) is 2.73. The summed E-state index contributed by atoms with van der Waals surface area (Å²) in [5.74, 6) is -2.69. The molecule has 0 saturated carbocycles. The molecule has 1 aromatic carbocycles. The molecule has 2 atom stereocenters. The van der Waals surface area contributed by atoms with Crippen LogP contribution in [-0.4, -0.2) is 35.3 Å². The van der Waals surface area contributed by atoms with E-state index in [4.69, 9.17) is 0 Å². The Morgan fingerprint density at radius 3 is 2.52 bits per heavy atom. The summed E-state index contributed by atoms with van der Waals surface area (Å²) in [6.45, 7) is 6.43. The summed E-state index contributed by atoms with van der Waals surface area (Å²) < 4.78 is 27.5. The Balaban J connectivity index is 2.22. The van der Waals surface area contributed by atoms with Crippen LogP contribution in [0.2, 0.25) is 0 Å². The van der Waals surface area contributed by atoms with Crippen LogP contribution in [0.4, 0.5) is 13.6 Å². The molecule has 0 radical (unpaired) electrons. The van der Waals surface area contributed by atoms with Crippen molar-refractivity contribution in [3.05, 3.63) is 35.4 Å². The van der Waals surface area contributed by atoms with Crippen LogP contribution in [0, 0.1) is 17.6 Å². The van der Waals surface area contributed by atoms with Gasteiger partial charge in [-0.05, 0) is 38.0 Å². The van der Waals surface area contributed by atoms with E-state index in [0.717, 1.165) is 18.2 Å². The average molecular weight is 353 g/mol. The first-order valence-electron chi connectivity index (χ1n) is 7.95. The van der Waals surface area contributed by atoms with E-state index in [1.807, 2.05) is 13.8 Å². The van der Waals surface area contributed by atoms with E-state index < -0.39 is 41.6 Å². The van der Waals surface area contributed by atoms with Crippen LogP contribution in [0.1, 0.15) is 33.3 Å². The minimum Gasteiger partial charge on any atom is -0.352 e. The van der Waals surface area contributed by atoms with Gasteiger partial charge in [0.2, 0.25) is 5.91 Å². The number of hydrogen-bond donors (Lipinski definition) is 2. The summed E-state index contributed by atoms with van der Waals surface area (Å²) >= 11 is 0. The van der Waals surface area contributed by atoms with Gasteiger partial charge >= 0.3 is 6.03 Å². The number of carbonyl (C=O) groups is 3. The number of halogens is 2. The molecular formula is C17H21F2N3O3. The second kappa shape index (κ2) is 6.78. The molecule has 0 aromatic heterocycles. The summed E-state index contributed by atoms with van der Waals surface area (Å²) in [4.78, 5) is 37.5. The van der Waals surface area contributed by atoms with Crippen LogP contribution in [0.3, 0.4) is 0 Å². The number of benzene rings is 1. The Hall–Kier alpha value is -2.51. The molecule has 6 nitrogen and oxygen atoms in total. The van der Waals surface area contributed by atoms with Crippen molar-refractivity contribution in [1.82, 2.24) is 15.5 Å². The van der Waals surface area contributed by atoms with Crippen LogP contribution in [0.25, 0.3) is 0 Å². The van der Waals surface area contributed by atoms with Gasteiger partial charge in [-0.15, -0.1) is 0 Å². The molecule has 8 heteroatoms. The van der Waals surface area contributed by atoms with Crippen LogP contribution in [-0.2, 0) is 15.1 Å². The zero-order valence-corrected chi connectivity index (χ0v) is 14.5. The highest BCUT2D eigenvalue weighted by Crippen LogP contribution is 2.31. The third kappa shape index (κ3) is 3.62. The summed E-state index contributed by atoms with van der Waals surface area (Å²) in [5, 5.41) is 5.03. The second-order valence-electron chi connectivity index (χ2n) is 6.67. The number of hydrogen-bond acceptors (Lipinski definition) is 3. The van der Waals surface area contributed by atoms with E-state index >= 15 is 0 Å². The largest absolute Gasteiger partial charge is 0.352 e. The maximum Gasteiger partial charge on any atom is 0.325 e. The Labute approximate surface area is 144 Å². The van der Waals surface area contributed by atoms with Crippen molar-refractivity contribution in [2.45, 2.75) is 39.3 Å². The van der Waals surface area contributed by atoms with Crippen LogP contribution in [0.15, 0.2) is 18.2 Å². The molecule has 0 bridgehead atoms. The van der Waals surface area contributed by atoms with Crippen molar-refractivity contribution in [1.29, 1.82) is 0 Å². The molecule has 1 aliphatic rings. The highest BCUT2D eigenvalue weighted by atomic mass is 19.1. The highest BCUT2D eigenvalue weighted by Gasteiger charge is 2.50. The van der Waals surface area contributed by atoms with Crippen molar-refractivity contribution < 1.29 is 23.2 Å². The first-order chi connectivity index (χ1) is 11.6. The van der Waals surface area contributed by atoms with Crippen LogP contribution < -0.4 is 10.6 Å². The molecule has 4 amide bonds. The standard InChI is InChI=1S/C17H21F2N3O3/c1-9(2)10(3)20-14(23)8-22-15(24)17(4,21-16(22)25)12-7-11(18)5-6-13(12)19/h5-7,9-10H,8H2,1-4H3,(H,20,23)(H,21,25)/t10-,17+/m1/s1. The molecular weight excluding hydrogens is 332 g/mol. The van der Waals surface area contributed by atoms with Gasteiger partial charge < -0.3 is 10.6 Å². The third-order valence-corrected chi connectivity index (χ3v) is 4.43. The van der Waals surface area contributed by atoms with Crippen LogP contribution in [0.5, 0.6) is 0 Å². The SMILES string of the molecule is CC(C)[C@@H](C)NC(=O)CN1C(=O)N[C@@](C)(c2cc(F)ccc2F)C1=O. The smallest absolute Gasteiger partial charge is 0.325 e. The Morgan fingerprint density at radius 2 is 1.92 bits per heavy atom. The maximum absolute atomic E-state index is 14.0. The molecule has 1 fully saturated rings. The zero-order chi connectivity index (χ0) is 18.9. The van der Waals surface area contributed by atoms with Gasteiger partial charge in [0.15, 0.2) is 0 Å². The van der Waals surface area contributed by atoms with Gasteiger partial charge in [-0.3, -0.25) is 14.5 Å². The summed E-state index contributed by atoms with van der Waals surface area (Å²) in [5.41, 5.74) is -2.06. The number of carbonyl (C=O) groups excluding carboxylic acids is 3. The van der Waals surface area contributed by atoms with E-state index in [1.165, 1.54) is 6.92 Å². The van der Waals surface area contributed by atoms with E-state index in [-0.39, 0.29) is 17.5 Å². The van der Waals surface area contributed by atoms with Gasteiger partial charge in [0.05, 0.1) is 0 Å². The van der Waals surface area contributed by atoms with Crippen molar-refractivity contribution in [3.63, 3.8) is 0 Å².